The van der Waals surface area contributed by atoms with Crippen LogP contribution in [0.2, 0.25) is 0 Å². The van der Waals surface area contributed by atoms with E-state index in [2.05, 4.69) is 19.7 Å². The molecule has 3 aliphatic rings. The Hall–Kier alpha value is -1.14. The van der Waals surface area contributed by atoms with Crippen molar-refractivity contribution < 1.29 is 4.79 Å². The minimum absolute atomic E-state index is 0.370. The maximum absolute atomic E-state index is 12.9. The Bertz CT molecular complexity index is 539. The van der Waals surface area contributed by atoms with E-state index < -0.39 is 0 Å². The molecule has 1 aromatic heterocycles. The number of carbonyl (C=O) groups excluding carboxylic acids is 1. The summed E-state index contributed by atoms with van der Waals surface area (Å²) in [5, 5.41) is 3.14. The first-order valence-electron chi connectivity index (χ1n) is 9.47. The maximum Gasteiger partial charge on any atom is 0.237 e. The van der Waals surface area contributed by atoms with Gasteiger partial charge < -0.3 is 9.80 Å². The van der Waals surface area contributed by atoms with Crippen LogP contribution >= 0.6 is 11.3 Å². The van der Waals surface area contributed by atoms with E-state index in [-0.39, 0.29) is 0 Å². The van der Waals surface area contributed by atoms with Crippen LogP contribution in [0.1, 0.15) is 38.5 Å². The molecule has 132 valence electrons. The summed E-state index contributed by atoms with van der Waals surface area (Å²) < 4.78 is 0. The lowest BCUT2D eigenvalue weighted by molar-refractivity contribution is -0.138. The van der Waals surface area contributed by atoms with Crippen molar-refractivity contribution in [3.8, 4) is 0 Å². The second kappa shape index (κ2) is 7.40. The van der Waals surface area contributed by atoms with Gasteiger partial charge in [-0.25, -0.2) is 4.98 Å². The third-order valence-corrected chi connectivity index (χ3v) is 6.82. The molecule has 24 heavy (non-hydrogen) atoms. The van der Waals surface area contributed by atoms with Crippen LogP contribution in [0.3, 0.4) is 0 Å². The van der Waals surface area contributed by atoms with E-state index in [1.165, 1.54) is 38.5 Å². The monoisotopic (exact) mass is 348 g/mol. The molecule has 3 fully saturated rings. The SMILES string of the molecule is O=C(CN1CCN(c2nccs2)CC1)N1CCC[C@H]2CCCC[C@@H]21. The van der Waals surface area contributed by atoms with Crippen LogP contribution in [0.15, 0.2) is 11.6 Å². The Balaban J connectivity index is 1.30. The molecule has 0 bridgehead atoms. The summed E-state index contributed by atoms with van der Waals surface area (Å²) in [5.74, 6) is 1.15. The van der Waals surface area contributed by atoms with E-state index in [9.17, 15) is 4.79 Å². The fourth-order valence-electron chi connectivity index (χ4n) is 4.69. The van der Waals surface area contributed by atoms with Gasteiger partial charge in [0, 0.05) is 50.3 Å². The van der Waals surface area contributed by atoms with Gasteiger partial charge >= 0.3 is 0 Å². The highest BCUT2D eigenvalue weighted by Gasteiger charge is 2.36. The van der Waals surface area contributed by atoms with Crippen molar-refractivity contribution in [2.45, 2.75) is 44.6 Å². The van der Waals surface area contributed by atoms with Crippen molar-refractivity contribution in [1.29, 1.82) is 0 Å². The molecule has 0 N–H and O–H groups in total. The predicted octanol–water partition coefficient (Wildman–Crippen LogP) is 2.45. The number of fused-ring (bicyclic) bond motifs is 1. The number of nitrogens with zero attached hydrogens (tertiary/aromatic N) is 4. The topological polar surface area (TPSA) is 39.7 Å². The summed E-state index contributed by atoms with van der Waals surface area (Å²) >= 11 is 1.70. The first kappa shape index (κ1) is 16.3. The Morgan fingerprint density at radius 3 is 2.67 bits per heavy atom. The first-order valence-corrected chi connectivity index (χ1v) is 10.4. The van der Waals surface area contributed by atoms with Crippen molar-refractivity contribution in [3.05, 3.63) is 11.6 Å². The number of amides is 1. The zero-order chi connectivity index (χ0) is 16.4. The number of likely N-dealkylation sites (tertiary alicyclic amines) is 1. The molecular formula is C18H28N4OS. The molecule has 5 nitrogen and oxygen atoms in total. The highest BCUT2D eigenvalue weighted by Crippen LogP contribution is 2.35. The number of thiazole rings is 1. The summed E-state index contributed by atoms with van der Waals surface area (Å²) in [6.45, 7) is 5.48. The van der Waals surface area contributed by atoms with Crippen LogP contribution in [0.4, 0.5) is 5.13 Å². The summed E-state index contributed by atoms with van der Waals surface area (Å²) in [6.07, 6.45) is 9.63. The van der Waals surface area contributed by atoms with Gasteiger partial charge in [-0.2, -0.15) is 0 Å². The molecule has 2 aliphatic heterocycles. The Morgan fingerprint density at radius 1 is 1.08 bits per heavy atom. The van der Waals surface area contributed by atoms with E-state index in [1.54, 1.807) is 11.3 Å². The molecule has 2 saturated heterocycles. The number of hydrogen-bond donors (Lipinski definition) is 0. The van der Waals surface area contributed by atoms with Crippen LogP contribution < -0.4 is 4.90 Å². The first-order chi connectivity index (χ1) is 11.8. The number of piperidine rings is 1. The van der Waals surface area contributed by atoms with Crippen molar-refractivity contribution in [2.75, 3.05) is 44.2 Å². The number of hydrogen-bond acceptors (Lipinski definition) is 5. The van der Waals surface area contributed by atoms with Crippen LogP contribution in [0, 0.1) is 5.92 Å². The fraction of sp³-hybridized carbons (Fsp3) is 0.778. The minimum atomic E-state index is 0.370. The second-order valence-electron chi connectivity index (χ2n) is 7.42. The summed E-state index contributed by atoms with van der Waals surface area (Å²) in [5.41, 5.74) is 0. The zero-order valence-corrected chi connectivity index (χ0v) is 15.2. The third-order valence-electron chi connectivity index (χ3n) is 5.98. The van der Waals surface area contributed by atoms with Gasteiger partial charge in [0.2, 0.25) is 5.91 Å². The van der Waals surface area contributed by atoms with Crippen molar-refractivity contribution in [3.63, 3.8) is 0 Å². The van der Waals surface area contributed by atoms with Gasteiger partial charge in [-0.05, 0) is 31.6 Å². The lowest BCUT2D eigenvalue weighted by atomic mass is 9.78. The Kier molecular flexibility index (Phi) is 5.03. The standard InChI is InChI=1S/C18H28N4OS/c23-17(22-8-3-5-15-4-1-2-6-16(15)22)14-20-9-11-21(12-10-20)18-19-7-13-24-18/h7,13,15-16H,1-6,8-12,14H2/t15-,16+/m1/s1. The van der Waals surface area contributed by atoms with Crippen LogP contribution in [0.25, 0.3) is 0 Å². The fourth-order valence-corrected chi connectivity index (χ4v) is 5.38. The molecule has 1 amide bonds. The average Bonchev–Trinajstić information content (AvgIpc) is 3.16. The van der Waals surface area contributed by atoms with E-state index in [1.807, 2.05) is 11.6 Å². The number of anilines is 1. The second-order valence-corrected chi connectivity index (χ2v) is 8.29. The molecule has 4 rings (SSSR count). The molecule has 1 aromatic rings. The molecule has 2 atom stereocenters. The number of piperazine rings is 1. The maximum atomic E-state index is 12.9. The van der Waals surface area contributed by atoms with Gasteiger partial charge in [-0.3, -0.25) is 9.69 Å². The van der Waals surface area contributed by atoms with Crippen LogP contribution in [-0.2, 0) is 4.79 Å². The summed E-state index contributed by atoms with van der Waals surface area (Å²) in [7, 11) is 0. The molecular weight excluding hydrogens is 320 g/mol. The predicted molar refractivity (Wildman–Crippen MR) is 97.5 cm³/mol. The highest BCUT2D eigenvalue weighted by molar-refractivity contribution is 7.13. The molecule has 1 aliphatic carbocycles. The largest absolute Gasteiger partial charge is 0.346 e. The molecule has 3 heterocycles. The van der Waals surface area contributed by atoms with Crippen LogP contribution in [-0.4, -0.2) is 66.0 Å². The molecule has 0 unspecified atom stereocenters. The average molecular weight is 349 g/mol. The van der Waals surface area contributed by atoms with Crippen molar-refractivity contribution >= 4 is 22.4 Å². The zero-order valence-electron chi connectivity index (χ0n) is 14.4. The van der Waals surface area contributed by atoms with Gasteiger partial charge in [-0.1, -0.05) is 12.8 Å². The van der Waals surface area contributed by atoms with Crippen molar-refractivity contribution in [2.24, 2.45) is 5.92 Å². The van der Waals surface area contributed by atoms with Gasteiger partial charge in [0.1, 0.15) is 0 Å². The number of carbonyl (C=O) groups is 1. The minimum Gasteiger partial charge on any atom is -0.346 e. The van der Waals surface area contributed by atoms with Crippen LogP contribution in [0.5, 0.6) is 0 Å². The Morgan fingerprint density at radius 2 is 1.88 bits per heavy atom. The van der Waals surface area contributed by atoms with E-state index in [0.29, 0.717) is 18.5 Å². The summed E-state index contributed by atoms with van der Waals surface area (Å²) in [4.78, 5) is 24.2. The number of rotatable bonds is 3. The molecule has 0 spiro atoms. The quantitative estimate of drug-likeness (QED) is 0.841. The normalized spacial score (nSPS) is 28.7. The third kappa shape index (κ3) is 3.45. The van der Waals surface area contributed by atoms with E-state index in [0.717, 1.165) is 43.8 Å². The molecule has 1 saturated carbocycles. The lowest BCUT2D eigenvalue weighted by Crippen LogP contribution is -2.54. The lowest BCUT2D eigenvalue weighted by Gasteiger charge is -2.45. The molecule has 0 radical (unpaired) electrons. The van der Waals surface area contributed by atoms with E-state index >= 15 is 0 Å². The van der Waals surface area contributed by atoms with Crippen molar-refractivity contribution in [1.82, 2.24) is 14.8 Å². The highest BCUT2D eigenvalue weighted by atomic mass is 32.1. The molecule has 6 heteroatoms. The van der Waals surface area contributed by atoms with Gasteiger partial charge in [0.15, 0.2) is 5.13 Å². The van der Waals surface area contributed by atoms with E-state index in [4.69, 9.17) is 0 Å². The van der Waals surface area contributed by atoms with Gasteiger partial charge in [0.05, 0.1) is 6.54 Å². The Labute approximate surface area is 148 Å². The number of aromatic nitrogens is 1. The van der Waals surface area contributed by atoms with Gasteiger partial charge in [-0.15, -0.1) is 11.3 Å². The van der Waals surface area contributed by atoms with Gasteiger partial charge in [0.25, 0.3) is 0 Å². The smallest absolute Gasteiger partial charge is 0.237 e. The summed E-state index contributed by atoms with van der Waals surface area (Å²) in [6, 6.07) is 0.539. The molecule has 0 aromatic carbocycles.